The van der Waals surface area contributed by atoms with Gasteiger partial charge in [-0.25, -0.2) is 4.72 Å². The second kappa shape index (κ2) is 4.13. The average Bonchev–Trinajstić information content (AvgIpc) is 2.72. The van der Waals surface area contributed by atoms with Crippen molar-refractivity contribution in [3.05, 3.63) is 64.7 Å². The quantitative estimate of drug-likeness (QED) is 0.764. The van der Waals surface area contributed by atoms with Gasteiger partial charge < -0.3 is 0 Å². The number of nitrogens with one attached hydrogen (secondary N) is 1. The summed E-state index contributed by atoms with van der Waals surface area (Å²) in [6, 6.07) is 16.7. The molecule has 0 saturated heterocycles. The Kier molecular flexibility index (Phi) is 2.64. The van der Waals surface area contributed by atoms with Crippen LogP contribution in [0.15, 0.2) is 53.4 Å². The molecule has 1 aliphatic heterocycles. The Bertz CT molecular complexity index is 527. The lowest BCUT2D eigenvalue weighted by Gasteiger charge is -2.11. The number of hydrogen-bond donors (Lipinski definition) is 1. The molecular weight excluding hydrogens is 238 g/mol. The topological polar surface area (TPSA) is 12.0 Å². The lowest BCUT2D eigenvalue weighted by Crippen LogP contribution is -2.09. The maximum absolute atomic E-state index is 6.02. The normalized spacial score (nSPS) is 18.4. The van der Waals surface area contributed by atoms with Crippen LogP contribution in [0.4, 0.5) is 0 Å². The Morgan fingerprint density at radius 1 is 1.06 bits per heavy atom. The smallest absolute Gasteiger partial charge is 0.0686 e. The van der Waals surface area contributed by atoms with Crippen LogP contribution in [0.5, 0.6) is 0 Å². The van der Waals surface area contributed by atoms with E-state index in [1.165, 1.54) is 16.0 Å². The molecule has 1 nitrogen and oxygen atoms in total. The summed E-state index contributed by atoms with van der Waals surface area (Å²) >= 11 is 7.70. The first-order valence-electron chi connectivity index (χ1n) is 5.11. The minimum Gasteiger partial charge on any atom is -0.248 e. The molecule has 3 heteroatoms. The van der Waals surface area contributed by atoms with Crippen LogP contribution in [0.1, 0.15) is 17.2 Å². The van der Waals surface area contributed by atoms with E-state index in [0.717, 1.165) is 5.02 Å². The van der Waals surface area contributed by atoms with Crippen molar-refractivity contribution in [2.45, 2.75) is 10.9 Å². The Balaban J connectivity index is 2.05. The highest BCUT2D eigenvalue weighted by Crippen LogP contribution is 2.38. The molecular formula is C13H10ClNS. The van der Waals surface area contributed by atoms with Crippen molar-refractivity contribution in [2.75, 3.05) is 0 Å². The Morgan fingerprint density at radius 2 is 1.94 bits per heavy atom. The number of halogens is 1. The van der Waals surface area contributed by atoms with Crippen LogP contribution in [0.25, 0.3) is 0 Å². The van der Waals surface area contributed by atoms with E-state index in [1.807, 2.05) is 18.2 Å². The first-order chi connectivity index (χ1) is 7.84. The fourth-order valence-electron chi connectivity index (χ4n) is 1.93. The molecule has 0 saturated carbocycles. The average molecular weight is 248 g/mol. The van der Waals surface area contributed by atoms with Crippen LogP contribution in [-0.2, 0) is 0 Å². The fourth-order valence-corrected chi connectivity index (χ4v) is 3.09. The molecule has 1 atom stereocenters. The van der Waals surface area contributed by atoms with Gasteiger partial charge in [-0.3, -0.25) is 0 Å². The lowest BCUT2D eigenvalue weighted by atomic mass is 10.00. The van der Waals surface area contributed by atoms with Gasteiger partial charge in [0, 0.05) is 9.92 Å². The largest absolute Gasteiger partial charge is 0.248 e. The van der Waals surface area contributed by atoms with Crippen molar-refractivity contribution in [3.63, 3.8) is 0 Å². The molecule has 0 bridgehead atoms. The SMILES string of the molecule is Clc1cccc([C@@H]2NSc3ccccc32)c1. The second-order valence-electron chi connectivity index (χ2n) is 3.75. The molecule has 0 fully saturated rings. The Morgan fingerprint density at radius 3 is 2.81 bits per heavy atom. The predicted octanol–water partition coefficient (Wildman–Crippen LogP) is 4.04. The second-order valence-corrected chi connectivity index (χ2v) is 5.06. The zero-order valence-electron chi connectivity index (χ0n) is 8.48. The number of hydrogen-bond acceptors (Lipinski definition) is 2. The van der Waals surface area contributed by atoms with Crippen LogP contribution in [0.2, 0.25) is 5.02 Å². The third-order valence-electron chi connectivity index (χ3n) is 2.70. The minimum absolute atomic E-state index is 0.250. The summed E-state index contributed by atoms with van der Waals surface area (Å²) in [5, 5.41) is 0.786. The summed E-state index contributed by atoms with van der Waals surface area (Å²) in [7, 11) is 0. The molecule has 0 aliphatic carbocycles. The van der Waals surface area contributed by atoms with Gasteiger partial charge in [0.05, 0.1) is 6.04 Å². The van der Waals surface area contributed by atoms with Crippen molar-refractivity contribution < 1.29 is 0 Å². The molecule has 0 spiro atoms. The van der Waals surface area contributed by atoms with Gasteiger partial charge in [-0.05, 0) is 41.3 Å². The summed E-state index contributed by atoms with van der Waals surface area (Å²) in [6.45, 7) is 0. The van der Waals surface area contributed by atoms with Gasteiger partial charge in [0.25, 0.3) is 0 Å². The molecule has 80 valence electrons. The zero-order valence-corrected chi connectivity index (χ0v) is 10.1. The fraction of sp³-hybridized carbons (Fsp3) is 0.0769. The van der Waals surface area contributed by atoms with Gasteiger partial charge >= 0.3 is 0 Å². The van der Waals surface area contributed by atoms with Crippen LogP contribution >= 0.6 is 23.5 Å². The Labute approximate surface area is 104 Å². The van der Waals surface area contributed by atoms with Gasteiger partial charge in [-0.15, -0.1) is 0 Å². The summed E-state index contributed by atoms with van der Waals surface area (Å²) in [4.78, 5) is 1.30. The molecule has 2 aromatic rings. The van der Waals surface area contributed by atoms with Crippen molar-refractivity contribution in [3.8, 4) is 0 Å². The summed E-state index contributed by atoms with van der Waals surface area (Å²) in [5.41, 5.74) is 2.54. The number of rotatable bonds is 1. The molecule has 3 rings (SSSR count). The van der Waals surface area contributed by atoms with E-state index < -0.39 is 0 Å². The monoisotopic (exact) mass is 247 g/mol. The minimum atomic E-state index is 0.250. The summed E-state index contributed by atoms with van der Waals surface area (Å²) < 4.78 is 3.42. The van der Waals surface area contributed by atoms with Gasteiger partial charge in [0.2, 0.25) is 0 Å². The molecule has 0 aromatic heterocycles. The van der Waals surface area contributed by atoms with E-state index in [2.05, 4.69) is 35.1 Å². The van der Waals surface area contributed by atoms with Crippen LogP contribution in [0.3, 0.4) is 0 Å². The molecule has 0 unspecified atom stereocenters. The van der Waals surface area contributed by atoms with E-state index in [-0.39, 0.29) is 6.04 Å². The first-order valence-corrected chi connectivity index (χ1v) is 6.31. The third-order valence-corrected chi connectivity index (χ3v) is 3.88. The highest BCUT2D eigenvalue weighted by Gasteiger charge is 2.23. The molecule has 1 heterocycles. The van der Waals surface area contributed by atoms with Gasteiger partial charge in [0.1, 0.15) is 0 Å². The zero-order chi connectivity index (χ0) is 11.0. The van der Waals surface area contributed by atoms with Crippen molar-refractivity contribution in [1.29, 1.82) is 0 Å². The molecule has 1 N–H and O–H groups in total. The lowest BCUT2D eigenvalue weighted by molar-refractivity contribution is 0.816. The number of fused-ring (bicyclic) bond motifs is 1. The van der Waals surface area contributed by atoms with Crippen molar-refractivity contribution >= 4 is 23.5 Å². The molecule has 2 aromatic carbocycles. The maximum atomic E-state index is 6.02. The van der Waals surface area contributed by atoms with E-state index in [0.29, 0.717) is 0 Å². The standard InChI is InChI=1S/C13H10ClNS/c14-10-5-3-4-9(8-10)13-11-6-1-2-7-12(11)16-15-13/h1-8,13,15H/t13-/m0/s1. The van der Waals surface area contributed by atoms with Crippen molar-refractivity contribution in [1.82, 2.24) is 4.72 Å². The van der Waals surface area contributed by atoms with Crippen molar-refractivity contribution in [2.24, 2.45) is 0 Å². The van der Waals surface area contributed by atoms with Gasteiger partial charge in [-0.2, -0.15) is 0 Å². The van der Waals surface area contributed by atoms with E-state index in [1.54, 1.807) is 11.9 Å². The maximum Gasteiger partial charge on any atom is 0.0686 e. The van der Waals surface area contributed by atoms with Gasteiger partial charge in [0.15, 0.2) is 0 Å². The number of benzene rings is 2. The molecule has 0 radical (unpaired) electrons. The highest BCUT2D eigenvalue weighted by atomic mass is 35.5. The molecule has 16 heavy (non-hydrogen) atoms. The third kappa shape index (κ3) is 1.73. The molecule has 1 aliphatic rings. The predicted molar refractivity (Wildman–Crippen MR) is 68.7 cm³/mol. The van der Waals surface area contributed by atoms with Gasteiger partial charge in [-0.1, -0.05) is 41.9 Å². The highest BCUT2D eigenvalue weighted by molar-refractivity contribution is 7.97. The summed E-state index contributed by atoms with van der Waals surface area (Å²) in [5.74, 6) is 0. The van der Waals surface area contributed by atoms with E-state index in [4.69, 9.17) is 11.6 Å². The van der Waals surface area contributed by atoms with E-state index in [9.17, 15) is 0 Å². The summed E-state index contributed by atoms with van der Waals surface area (Å²) in [6.07, 6.45) is 0. The van der Waals surface area contributed by atoms with E-state index >= 15 is 0 Å². The van der Waals surface area contributed by atoms with Crippen LogP contribution < -0.4 is 4.72 Å². The van der Waals surface area contributed by atoms with Crippen LogP contribution in [0, 0.1) is 0 Å². The molecule has 0 amide bonds. The Hall–Kier alpha value is -0.960. The first kappa shape index (κ1) is 10.2. The van der Waals surface area contributed by atoms with Crippen LogP contribution in [-0.4, -0.2) is 0 Å².